The maximum Gasteiger partial charge on any atom is 0.293 e. The molecule has 3 rings (SSSR count). The third-order valence-electron chi connectivity index (χ3n) is 3.76. The van der Waals surface area contributed by atoms with Crippen molar-refractivity contribution in [3.05, 3.63) is 67.5 Å². The molecular formula is C19H14Cl3NO3S. The maximum atomic E-state index is 12.7. The lowest BCUT2D eigenvalue weighted by molar-refractivity contribution is -0.123. The van der Waals surface area contributed by atoms with Crippen molar-refractivity contribution in [2.75, 3.05) is 6.61 Å². The van der Waals surface area contributed by atoms with Gasteiger partial charge in [0.05, 0.1) is 28.1 Å². The number of ether oxygens (including phenoxy) is 1. The molecule has 27 heavy (non-hydrogen) atoms. The molecule has 1 aliphatic rings. The van der Waals surface area contributed by atoms with Crippen LogP contribution in [0.4, 0.5) is 4.79 Å². The SMILES string of the molecule is CCOc1ccc(Cl)cc1/C=C1\SC(=O)N(Cc2ccc(Cl)c(Cl)c2)C1=O. The molecule has 1 aliphatic heterocycles. The van der Waals surface area contributed by atoms with Gasteiger partial charge in [0, 0.05) is 10.6 Å². The van der Waals surface area contributed by atoms with Crippen LogP contribution in [0.3, 0.4) is 0 Å². The van der Waals surface area contributed by atoms with Crippen molar-refractivity contribution in [2.24, 2.45) is 0 Å². The van der Waals surface area contributed by atoms with Crippen molar-refractivity contribution in [1.82, 2.24) is 4.90 Å². The number of hydrogen-bond acceptors (Lipinski definition) is 4. The zero-order valence-corrected chi connectivity index (χ0v) is 17.3. The summed E-state index contributed by atoms with van der Waals surface area (Å²) in [6.07, 6.45) is 1.62. The Morgan fingerprint density at radius 1 is 1.07 bits per heavy atom. The van der Waals surface area contributed by atoms with Crippen molar-refractivity contribution in [3.63, 3.8) is 0 Å². The number of nitrogens with zero attached hydrogens (tertiary/aromatic N) is 1. The summed E-state index contributed by atoms with van der Waals surface area (Å²) in [5, 5.41) is 0.952. The van der Waals surface area contributed by atoms with E-state index in [1.807, 2.05) is 6.92 Å². The predicted octanol–water partition coefficient (Wildman–Crippen LogP) is 6.28. The Balaban J connectivity index is 1.86. The van der Waals surface area contributed by atoms with Gasteiger partial charge in [0.15, 0.2) is 0 Å². The number of thioether (sulfide) groups is 1. The fourth-order valence-electron chi connectivity index (χ4n) is 2.52. The van der Waals surface area contributed by atoms with E-state index < -0.39 is 0 Å². The first-order valence-corrected chi connectivity index (χ1v) is 9.95. The summed E-state index contributed by atoms with van der Waals surface area (Å²) in [5.41, 5.74) is 1.36. The van der Waals surface area contributed by atoms with E-state index in [0.717, 1.165) is 11.8 Å². The standard InChI is InChI=1S/C19H14Cl3NO3S/c1-2-26-16-6-4-13(20)8-12(16)9-17-18(24)23(19(25)27-17)10-11-3-5-14(21)15(22)7-11/h3-9H,2,10H2,1H3/b17-9-. The molecule has 8 heteroatoms. The third kappa shape index (κ3) is 4.61. The number of amides is 2. The Labute approximate surface area is 176 Å². The summed E-state index contributed by atoms with van der Waals surface area (Å²) in [5.74, 6) is 0.219. The number of imide groups is 1. The van der Waals surface area contributed by atoms with Crippen LogP contribution in [0.1, 0.15) is 18.1 Å². The van der Waals surface area contributed by atoms with E-state index in [4.69, 9.17) is 39.5 Å². The van der Waals surface area contributed by atoms with Crippen LogP contribution < -0.4 is 4.74 Å². The van der Waals surface area contributed by atoms with Crippen molar-refractivity contribution in [1.29, 1.82) is 0 Å². The third-order valence-corrected chi connectivity index (χ3v) is 5.64. The van der Waals surface area contributed by atoms with Crippen LogP contribution in [0.25, 0.3) is 6.08 Å². The zero-order chi connectivity index (χ0) is 19.6. The van der Waals surface area contributed by atoms with E-state index in [1.165, 1.54) is 4.90 Å². The normalized spacial score (nSPS) is 15.7. The topological polar surface area (TPSA) is 46.6 Å². The Kier molecular flexibility index (Phi) is 6.37. The molecule has 1 heterocycles. The largest absolute Gasteiger partial charge is 0.493 e. The fraction of sp³-hybridized carbons (Fsp3) is 0.158. The van der Waals surface area contributed by atoms with Crippen molar-refractivity contribution in [2.45, 2.75) is 13.5 Å². The second-order valence-corrected chi connectivity index (χ2v) is 7.88. The highest BCUT2D eigenvalue weighted by Gasteiger charge is 2.35. The molecular weight excluding hydrogens is 429 g/mol. The lowest BCUT2D eigenvalue weighted by atomic mass is 10.1. The average Bonchev–Trinajstić information content (AvgIpc) is 2.88. The summed E-state index contributed by atoms with van der Waals surface area (Å²) in [6, 6.07) is 10.1. The van der Waals surface area contributed by atoms with Gasteiger partial charge in [-0.2, -0.15) is 0 Å². The van der Waals surface area contributed by atoms with Gasteiger partial charge in [0.1, 0.15) is 5.75 Å². The minimum Gasteiger partial charge on any atom is -0.493 e. The van der Waals surface area contributed by atoms with Gasteiger partial charge in [-0.3, -0.25) is 14.5 Å². The molecule has 0 bridgehead atoms. The summed E-state index contributed by atoms with van der Waals surface area (Å²) in [7, 11) is 0. The molecule has 2 amide bonds. The highest BCUT2D eigenvalue weighted by molar-refractivity contribution is 8.18. The van der Waals surface area contributed by atoms with Crippen LogP contribution in [-0.2, 0) is 11.3 Å². The molecule has 2 aromatic carbocycles. The Bertz CT molecular complexity index is 946. The molecule has 140 valence electrons. The van der Waals surface area contributed by atoms with E-state index in [1.54, 1.807) is 42.5 Å². The lowest BCUT2D eigenvalue weighted by Crippen LogP contribution is -2.27. The molecule has 4 nitrogen and oxygen atoms in total. The number of carbonyl (C=O) groups excluding carboxylic acids is 2. The number of rotatable bonds is 5. The van der Waals surface area contributed by atoms with Gasteiger partial charge in [0.25, 0.3) is 11.1 Å². The molecule has 0 aromatic heterocycles. The van der Waals surface area contributed by atoms with E-state index in [-0.39, 0.29) is 17.7 Å². The van der Waals surface area contributed by atoms with Gasteiger partial charge < -0.3 is 4.74 Å². The molecule has 0 radical (unpaired) electrons. The number of carbonyl (C=O) groups is 2. The van der Waals surface area contributed by atoms with Gasteiger partial charge >= 0.3 is 0 Å². The molecule has 0 unspecified atom stereocenters. The smallest absolute Gasteiger partial charge is 0.293 e. The van der Waals surface area contributed by atoms with Crippen molar-refractivity contribution < 1.29 is 14.3 Å². The molecule has 0 saturated carbocycles. The van der Waals surface area contributed by atoms with Crippen molar-refractivity contribution in [3.8, 4) is 5.75 Å². The molecule has 2 aromatic rings. The van der Waals surface area contributed by atoms with Crippen LogP contribution in [-0.4, -0.2) is 22.7 Å². The van der Waals surface area contributed by atoms with E-state index in [9.17, 15) is 9.59 Å². The first kappa shape index (κ1) is 20.1. The molecule has 0 N–H and O–H groups in total. The minimum atomic E-state index is -0.376. The summed E-state index contributed by atoms with van der Waals surface area (Å²) >= 11 is 18.8. The van der Waals surface area contributed by atoms with Crippen LogP contribution in [0.2, 0.25) is 15.1 Å². The summed E-state index contributed by atoms with van der Waals surface area (Å²) < 4.78 is 5.56. The van der Waals surface area contributed by atoms with E-state index >= 15 is 0 Å². The van der Waals surface area contributed by atoms with Gasteiger partial charge in [-0.05, 0) is 60.7 Å². The zero-order valence-electron chi connectivity index (χ0n) is 14.2. The van der Waals surface area contributed by atoms with Crippen LogP contribution in [0, 0.1) is 0 Å². The van der Waals surface area contributed by atoms with Crippen molar-refractivity contribution >= 4 is 63.8 Å². The average molecular weight is 443 g/mol. The van der Waals surface area contributed by atoms with Gasteiger partial charge in [-0.25, -0.2) is 0 Å². The highest BCUT2D eigenvalue weighted by atomic mass is 35.5. The Morgan fingerprint density at radius 2 is 1.85 bits per heavy atom. The second-order valence-electron chi connectivity index (χ2n) is 5.63. The predicted molar refractivity (Wildman–Crippen MR) is 111 cm³/mol. The van der Waals surface area contributed by atoms with Crippen LogP contribution >= 0.6 is 46.6 Å². The number of halogens is 3. The second kappa shape index (κ2) is 8.57. The number of hydrogen-bond donors (Lipinski definition) is 0. The molecule has 1 saturated heterocycles. The fourth-order valence-corrected chi connectivity index (χ4v) is 3.85. The maximum absolute atomic E-state index is 12.7. The summed E-state index contributed by atoms with van der Waals surface area (Å²) in [4.78, 5) is 26.5. The first-order chi connectivity index (χ1) is 12.9. The Hall–Kier alpha value is -1.66. The molecule has 0 aliphatic carbocycles. The number of benzene rings is 2. The van der Waals surface area contributed by atoms with Gasteiger partial charge in [-0.1, -0.05) is 40.9 Å². The molecule has 0 spiro atoms. The quantitative estimate of drug-likeness (QED) is 0.511. The first-order valence-electron chi connectivity index (χ1n) is 8.00. The monoisotopic (exact) mass is 441 g/mol. The molecule has 0 atom stereocenters. The van der Waals surface area contributed by atoms with Crippen LogP contribution in [0.5, 0.6) is 5.75 Å². The minimum absolute atomic E-state index is 0.118. The van der Waals surface area contributed by atoms with Gasteiger partial charge in [0.2, 0.25) is 0 Å². The highest BCUT2D eigenvalue weighted by Crippen LogP contribution is 2.36. The van der Waals surface area contributed by atoms with Gasteiger partial charge in [-0.15, -0.1) is 0 Å². The Morgan fingerprint density at radius 3 is 2.56 bits per heavy atom. The van der Waals surface area contributed by atoms with E-state index in [2.05, 4.69) is 0 Å². The van der Waals surface area contributed by atoms with E-state index in [0.29, 0.717) is 43.5 Å². The van der Waals surface area contributed by atoms with Crippen LogP contribution in [0.15, 0.2) is 41.3 Å². The summed E-state index contributed by atoms with van der Waals surface area (Å²) in [6.45, 7) is 2.46. The lowest BCUT2D eigenvalue weighted by Gasteiger charge is -2.13. The molecule has 1 fully saturated rings.